The van der Waals surface area contributed by atoms with Crippen molar-refractivity contribution in [3.63, 3.8) is 0 Å². The van der Waals surface area contributed by atoms with Crippen molar-refractivity contribution in [3.8, 4) is 0 Å². The minimum Gasteiger partial charge on any atom is -0.389 e. The standard InChI is InChI=1S/C15H20FNO2/c1-9-5-15(13(10(2)18)6-14(9)16)17-7-11-3-4-12(8-17)19-11/h5-6,10-12,18H,3-4,7-8H2,1-2H3. The van der Waals surface area contributed by atoms with E-state index in [1.807, 2.05) is 6.07 Å². The van der Waals surface area contributed by atoms with Gasteiger partial charge in [-0.25, -0.2) is 4.39 Å². The largest absolute Gasteiger partial charge is 0.389 e. The van der Waals surface area contributed by atoms with Crippen molar-refractivity contribution < 1.29 is 14.2 Å². The molecule has 104 valence electrons. The highest BCUT2D eigenvalue weighted by molar-refractivity contribution is 5.57. The Bertz CT molecular complexity index is 477. The van der Waals surface area contributed by atoms with Crippen LogP contribution in [0.15, 0.2) is 12.1 Å². The number of rotatable bonds is 2. The molecule has 2 aliphatic rings. The van der Waals surface area contributed by atoms with Crippen LogP contribution in [0.1, 0.15) is 37.0 Å². The fourth-order valence-electron chi connectivity index (χ4n) is 3.10. The second kappa shape index (κ2) is 4.76. The lowest BCUT2D eigenvalue weighted by molar-refractivity contribution is 0.0302. The number of hydrogen-bond acceptors (Lipinski definition) is 3. The maximum atomic E-state index is 13.7. The summed E-state index contributed by atoms with van der Waals surface area (Å²) in [5.74, 6) is -0.254. The summed E-state index contributed by atoms with van der Waals surface area (Å²) < 4.78 is 19.5. The topological polar surface area (TPSA) is 32.7 Å². The van der Waals surface area contributed by atoms with E-state index in [1.165, 1.54) is 6.07 Å². The summed E-state index contributed by atoms with van der Waals surface area (Å²) in [5, 5.41) is 9.87. The lowest BCUT2D eigenvalue weighted by atomic mass is 10.0. The lowest BCUT2D eigenvalue weighted by Crippen LogP contribution is -2.43. The number of anilines is 1. The molecule has 3 nitrogen and oxygen atoms in total. The van der Waals surface area contributed by atoms with E-state index in [4.69, 9.17) is 4.74 Å². The van der Waals surface area contributed by atoms with Gasteiger partial charge < -0.3 is 14.7 Å². The van der Waals surface area contributed by atoms with E-state index >= 15 is 0 Å². The number of fused-ring (bicyclic) bond motifs is 2. The molecule has 2 saturated heterocycles. The number of aliphatic hydroxyl groups is 1. The van der Waals surface area contributed by atoms with Gasteiger partial charge in [0.2, 0.25) is 0 Å². The van der Waals surface area contributed by atoms with Gasteiger partial charge in [0.15, 0.2) is 0 Å². The zero-order chi connectivity index (χ0) is 13.6. The van der Waals surface area contributed by atoms with Crippen molar-refractivity contribution in [2.24, 2.45) is 0 Å². The fourth-order valence-corrected chi connectivity index (χ4v) is 3.10. The van der Waals surface area contributed by atoms with Crippen molar-refractivity contribution in [2.45, 2.75) is 45.0 Å². The van der Waals surface area contributed by atoms with Gasteiger partial charge in [-0.1, -0.05) is 0 Å². The number of benzene rings is 1. The Morgan fingerprint density at radius 3 is 2.53 bits per heavy atom. The Balaban J connectivity index is 1.97. The van der Waals surface area contributed by atoms with Crippen LogP contribution in [0, 0.1) is 12.7 Å². The van der Waals surface area contributed by atoms with Gasteiger partial charge in [0.1, 0.15) is 5.82 Å². The molecule has 0 radical (unpaired) electrons. The third-order valence-corrected chi connectivity index (χ3v) is 4.14. The van der Waals surface area contributed by atoms with E-state index in [0.717, 1.165) is 31.6 Å². The van der Waals surface area contributed by atoms with E-state index in [9.17, 15) is 9.50 Å². The third kappa shape index (κ3) is 2.35. The van der Waals surface area contributed by atoms with Crippen molar-refractivity contribution >= 4 is 5.69 Å². The summed E-state index contributed by atoms with van der Waals surface area (Å²) in [7, 11) is 0. The van der Waals surface area contributed by atoms with Crippen LogP contribution in [0.4, 0.5) is 10.1 Å². The predicted molar refractivity (Wildman–Crippen MR) is 71.9 cm³/mol. The normalized spacial score (nSPS) is 27.7. The minimum atomic E-state index is -0.661. The number of ether oxygens (including phenoxy) is 1. The number of nitrogens with zero attached hydrogens (tertiary/aromatic N) is 1. The molecule has 3 atom stereocenters. The van der Waals surface area contributed by atoms with E-state index in [-0.39, 0.29) is 18.0 Å². The van der Waals surface area contributed by atoms with E-state index in [2.05, 4.69) is 4.90 Å². The molecule has 0 amide bonds. The van der Waals surface area contributed by atoms with Gasteiger partial charge in [-0.15, -0.1) is 0 Å². The summed E-state index contributed by atoms with van der Waals surface area (Å²) in [4.78, 5) is 2.24. The Hall–Kier alpha value is -1.13. The van der Waals surface area contributed by atoms with Crippen molar-refractivity contribution in [1.29, 1.82) is 0 Å². The van der Waals surface area contributed by atoms with Gasteiger partial charge in [-0.3, -0.25) is 0 Å². The molecule has 2 fully saturated rings. The highest BCUT2D eigenvalue weighted by atomic mass is 19.1. The quantitative estimate of drug-likeness (QED) is 0.892. The maximum Gasteiger partial charge on any atom is 0.126 e. The van der Waals surface area contributed by atoms with Crippen LogP contribution in [-0.4, -0.2) is 30.4 Å². The Kier molecular flexibility index (Phi) is 3.23. The molecular weight excluding hydrogens is 245 g/mol. The average molecular weight is 265 g/mol. The number of aliphatic hydroxyl groups excluding tert-OH is 1. The smallest absolute Gasteiger partial charge is 0.126 e. The minimum absolute atomic E-state index is 0.254. The van der Waals surface area contributed by atoms with Crippen molar-refractivity contribution in [3.05, 3.63) is 29.1 Å². The Labute approximate surface area is 113 Å². The average Bonchev–Trinajstić information content (AvgIpc) is 2.71. The van der Waals surface area contributed by atoms with Crippen molar-refractivity contribution in [1.82, 2.24) is 0 Å². The molecule has 0 aliphatic carbocycles. The monoisotopic (exact) mass is 265 g/mol. The number of morpholine rings is 1. The highest BCUT2D eigenvalue weighted by Crippen LogP contribution is 2.34. The summed E-state index contributed by atoms with van der Waals surface area (Å²) in [6.45, 7) is 5.12. The first-order valence-corrected chi connectivity index (χ1v) is 6.93. The van der Waals surface area contributed by atoms with Crippen LogP contribution in [0.25, 0.3) is 0 Å². The number of halogens is 1. The Morgan fingerprint density at radius 1 is 1.32 bits per heavy atom. The molecule has 2 aliphatic heterocycles. The molecule has 3 unspecified atom stereocenters. The maximum absolute atomic E-state index is 13.7. The summed E-state index contributed by atoms with van der Waals surface area (Å²) in [6, 6.07) is 3.31. The first kappa shape index (κ1) is 12.9. The zero-order valence-corrected chi connectivity index (χ0v) is 11.4. The van der Waals surface area contributed by atoms with Gasteiger partial charge in [0, 0.05) is 24.3 Å². The molecule has 19 heavy (non-hydrogen) atoms. The predicted octanol–water partition coefficient (Wildman–Crippen LogP) is 2.56. The van der Waals surface area contributed by atoms with E-state index < -0.39 is 6.10 Å². The van der Waals surface area contributed by atoms with Crippen LogP contribution in [0.5, 0.6) is 0 Å². The van der Waals surface area contributed by atoms with Gasteiger partial charge in [0.05, 0.1) is 18.3 Å². The van der Waals surface area contributed by atoms with Gasteiger partial charge in [0.25, 0.3) is 0 Å². The summed E-state index contributed by atoms with van der Waals surface area (Å²) >= 11 is 0. The van der Waals surface area contributed by atoms with Crippen LogP contribution in [0.2, 0.25) is 0 Å². The van der Waals surface area contributed by atoms with E-state index in [1.54, 1.807) is 13.8 Å². The molecule has 0 aromatic heterocycles. The number of aryl methyl sites for hydroxylation is 1. The summed E-state index contributed by atoms with van der Waals surface area (Å²) in [5.41, 5.74) is 2.25. The van der Waals surface area contributed by atoms with E-state index in [0.29, 0.717) is 11.1 Å². The zero-order valence-electron chi connectivity index (χ0n) is 11.4. The third-order valence-electron chi connectivity index (χ3n) is 4.14. The molecule has 0 spiro atoms. The first-order chi connectivity index (χ1) is 9.04. The molecule has 1 aromatic rings. The molecule has 1 N–H and O–H groups in total. The highest BCUT2D eigenvalue weighted by Gasteiger charge is 2.34. The van der Waals surface area contributed by atoms with Crippen LogP contribution in [0.3, 0.4) is 0 Å². The SMILES string of the molecule is Cc1cc(N2CC3CCC(C2)O3)c(C(C)O)cc1F. The molecule has 2 heterocycles. The van der Waals surface area contributed by atoms with Gasteiger partial charge in [-0.2, -0.15) is 0 Å². The lowest BCUT2D eigenvalue weighted by Gasteiger charge is -2.35. The molecule has 4 heteroatoms. The van der Waals surface area contributed by atoms with Crippen LogP contribution >= 0.6 is 0 Å². The van der Waals surface area contributed by atoms with Crippen LogP contribution < -0.4 is 4.90 Å². The Morgan fingerprint density at radius 2 is 1.95 bits per heavy atom. The van der Waals surface area contributed by atoms with Gasteiger partial charge in [-0.05, 0) is 44.4 Å². The summed E-state index contributed by atoms with van der Waals surface area (Å²) in [6.07, 6.45) is 2.11. The molecule has 2 bridgehead atoms. The van der Waals surface area contributed by atoms with Crippen LogP contribution in [-0.2, 0) is 4.74 Å². The number of hydrogen-bond donors (Lipinski definition) is 1. The van der Waals surface area contributed by atoms with Gasteiger partial charge >= 0.3 is 0 Å². The second-order valence-electron chi connectivity index (χ2n) is 5.70. The molecule has 1 aromatic carbocycles. The molecule has 3 rings (SSSR count). The molecule has 0 saturated carbocycles. The molecular formula is C15H20FNO2. The van der Waals surface area contributed by atoms with Crippen molar-refractivity contribution in [2.75, 3.05) is 18.0 Å². The second-order valence-corrected chi connectivity index (χ2v) is 5.70. The first-order valence-electron chi connectivity index (χ1n) is 6.93. The fraction of sp³-hybridized carbons (Fsp3) is 0.600.